The van der Waals surface area contributed by atoms with E-state index in [1.54, 1.807) is 0 Å². The fraction of sp³-hybridized carbons (Fsp3) is 0.500. The van der Waals surface area contributed by atoms with Crippen LogP contribution in [0.2, 0.25) is 0 Å². The predicted molar refractivity (Wildman–Crippen MR) is 80.0 cm³/mol. The number of hydrogen-bond donors (Lipinski definition) is 1. The Labute approximate surface area is 118 Å². The molecular formula is C14H21BrN2O. The Morgan fingerprint density at radius 2 is 2.06 bits per heavy atom. The molecule has 0 heterocycles. The van der Waals surface area contributed by atoms with Crippen molar-refractivity contribution in [1.82, 2.24) is 4.90 Å². The summed E-state index contributed by atoms with van der Waals surface area (Å²) in [6.45, 7) is 4.90. The van der Waals surface area contributed by atoms with Gasteiger partial charge in [-0.2, -0.15) is 0 Å². The summed E-state index contributed by atoms with van der Waals surface area (Å²) in [4.78, 5) is 13.9. The zero-order chi connectivity index (χ0) is 13.7. The lowest BCUT2D eigenvalue weighted by atomic mass is 10.1. The van der Waals surface area contributed by atoms with Gasteiger partial charge in [-0.15, -0.1) is 0 Å². The highest BCUT2D eigenvalue weighted by Gasteiger charge is 2.18. The van der Waals surface area contributed by atoms with Crippen molar-refractivity contribution in [2.75, 3.05) is 19.4 Å². The minimum atomic E-state index is -0.157. The van der Waals surface area contributed by atoms with Crippen LogP contribution in [0.25, 0.3) is 0 Å². The summed E-state index contributed by atoms with van der Waals surface area (Å²) in [5, 5.41) is 2.93. The van der Waals surface area contributed by atoms with Gasteiger partial charge in [0.25, 0.3) is 0 Å². The maximum Gasteiger partial charge on any atom is 0.238 e. The largest absolute Gasteiger partial charge is 0.325 e. The Balaban J connectivity index is 2.70. The molecule has 0 saturated carbocycles. The molecule has 0 aliphatic heterocycles. The maximum atomic E-state index is 11.9. The summed E-state index contributed by atoms with van der Waals surface area (Å²) >= 11 is 3.40. The van der Waals surface area contributed by atoms with E-state index in [2.05, 4.69) is 32.2 Å². The number of rotatable bonds is 5. The molecule has 3 nitrogen and oxygen atoms in total. The summed E-state index contributed by atoms with van der Waals surface area (Å²) in [5.41, 5.74) is 2.04. The first-order valence-electron chi connectivity index (χ1n) is 6.08. The van der Waals surface area contributed by atoms with Crippen LogP contribution in [-0.2, 0) is 11.3 Å². The molecule has 100 valence electrons. The first kappa shape index (κ1) is 15.2. The van der Waals surface area contributed by atoms with Crippen LogP contribution < -0.4 is 5.32 Å². The topological polar surface area (TPSA) is 32.3 Å². The standard InChI is InChI=1S/C14H21BrN2O/c1-10(2)13(15)14(18)16-12-7-5-6-11(8-12)9-17(3)4/h5-8,10,13H,9H2,1-4H3,(H,16,18). The highest BCUT2D eigenvalue weighted by Crippen LogP contribution is 2.17. The number of hydrogen-bond acceptors (Lipinski definition) is 2. The van der Waals surface area contributed by atoms with Crippen molar-refractivity contribution in [3.8, 4) is 0 Å². The third kappa shape index (κ3) is 4.78. The molecule has 0 radical (unpaired) electrons. The van der Waals surface area contributed by atoms with Crippen molar-refractivity contribution >= 4 is 27.5 Å². The van der Waals surface area contributed by atoms with Crippen LogP contribution in [0.4, 0.5) is 5.69 Å². The monoisotopic (exact) mass is 312 g/mol. The van der Waals surface area contributed by atoms with E-state index in [-0.39, 0.29) is 16.7 Å². The van der Waals surface area contributed by atoms with Crippen molar-refractivity contribution in [2.45, 2.75) is 25.2 Å². The quantitative estimate of drug-likeness (QED) is 0.847. The molecule has 18 heavy (non-hydrogen) atoms. The smallest absolute Gasteiger partial charge is 0.238 e. The lowest BCUT2D eigenvalue weighted by molar-refractivity contribution is -0.116. The van der Waals surface area contributed by atoms with Gasteiger partial charge in [0.15, 0.2) is 0 Å². The summed E-state index contributed by atoms with van der Waals surface area (Å²) in [5.74, 6) is 0.280. The second kappa shape index (κ2) is 6.90. The Hall–Kier alpha value is -0.870. The third-order valence-electron chi connectivity index (χ3n) is 2.53. The van der Waals surface area contributed by atoms with E-state index in [1.807, 2.05) is 46.1 Å². The molecular weight excluding hydrogens is 292 g/mol. The minimum Gasteiger partial charge on any atom is -0.325 e. The van der Waals surface area contributed by atoms with Gasteiger partial charge in [0.05, 0.1) is 4.83 Å². The molecule has 1 aromatic carbocycles. The average Bonchev–Trinajstić information content (AvgIpc) is 2.27. The molecule has 1 rings (SSSR count). The summed E-state index contributed by atoms with van der Waals surface area (Å²) in [6.07, 6.45) is 0. The number of alkyl halides is 1. The van der Waals surface area contributed by atoms with Crippen molar-refractivity contribution in [2.24, 2.45) is 5.92 Å². The van der Waals surface area contributed by atoms with Crippen molar-refractivity contribution in [1.29, 1.82) is 0 Å². The molecule has 1 N–H and O–H groups in total. The van der Waals surface area contributed by atoms with Gasteiger partial charge in [0.1, 0.15) is 0 Å². The van der Waals surface area contributed by atoms with Crippen LogP contribution in [0.3, 0.4) is 0 Å². The first-order chi connectivity index (χ1) is 8.40. The van der Waals surface area contributed by atoms with Gasteiger partial charge >= 0.3 is 0 Å². The molecule has 0 saturated heterocycles. The van der Waals surface area contributed by atoms with Crippen LogP contribution in [0.15, 0.2) is 24.3 Å². The Kier molecular flexibility index (Phi) is 5.82. The van der Waals surface area contributed by atoms with E-state index < -0.39 is 0 Å². The molecule has 0 fully saturated rings. The van der Waals surface area contributed by atoms with Crippen LogP contribution in [-0.4, -0.2) is 29.7 Å². The normalized spacial score (nSPS) is 12.8. The van der Waals surface area contributed by atoms with Gasteiger partial charge < -0.3 is 10.2 Å². The SMILES string of the molecule is CC(C)C(Br)C(=O)Nc1cccc(CN(C)C)c1. The van der Waals surface area contributed by atoms with Crippen LogP contribution >= 0.6 is 15.9 Å². The van der Waals surface area contributed by atoms with Crippen molar-refractivity contribution < 1.29 is 4.79 Å². The molecule has 1 amide bonds. The number of halogens is 1. The zero-order valence-electron chi connectivity index (χ0n) is 11.4. The molecule has 1 aromatic rings. The van der Waals surface area contributed by atoms with Gasteiger partial charge in [-0.3, -0.25) is 4.79 Å². The molecule has 0 aliphatic rings. The molecule has 0 spiro atoms. The molecule has 4 heteroatoms. The van der Waals surface area contributed by atoms with Crippen LogP contribution in [0.5, 0.6) is 0 Å². The first-order valence-corrected chi connectivity index (χ1v) is 7.00. The number of carbonyl (C=O) groups is 1. The van der Waals surface area contributed by atoms with E-state index in [0.29, 0.717) is 0 Å². The number of nitrogens with one attached hydrogen (secondary N) is 1. The molecule has 0 aromatic heterocycles. The Morgan fingerprint density at radius 1 is 1.39 bits per heavy atom. The highest BCUT2D eigenvalue weighted by molar-refractivity contribution is 9.10. The average molecular weight is 313 g/mol. The van der Waals surface area contributed by atoms with E-state index in [9.17, 15) is 4.79 Å². The lowest BCUT2D eigenvalue weighted by Gasteiger charge is -2.15. The summed E-state index contributed by atoms with van der Waals surface area (Å²) < 4.78 is 0. The van der Waals surface area contributed by atoms with Crippen molar-refractivity contribution in [3.05, 3.63) is 29.8 Å². The number of nitrogens with zero attached hydrogens (tertiary/aromatic N) is 1. The second-order valence-corrected chi connectivity index (χ2v) is 6.06. The van der Waals surface area contributed by atoms with E-state index in [4.69, 9.17) is 0 Å². The van der Waals surface area contributed by atoms with E-state index >= 15 is 0 Å². The minimum absolute atomic E-state index is 0.00648. The summed E-state index contributed by atoms with van der Waals surface area (Å²) in [7, 11) is 4.05. The van der Waals surface area contributed by atoms with Gasteiger partial charge in [0.2, 0.25) is 5.91 Å². The molecule has 1 atom stereocenters. The zero-order valence-corrected chi connectivity index (χ0v) is 13.0. The van der Waals surface area contributed by atoms with Crippen LogP contribution in [0.1, 0.15) is 19.4 Å². The number of anilines is 1. The number of amides is 1. The third-order valence-corrected chi connectivity index (χ3v) is 4.00. The number of benzene rings is 1. The van der Waals surface area contributed by atoms with Crippen molar-refractivity contribution in [3.63, 3.8) is 0 Å². The Morgan fingerprint density at radius 3 is 2.61 bits per heavy atom. The Bertz CT molecular complexity index is 405. The van der Waals surface area contributed by atoms with Gasteiger partial charge in [0, 0.05) is 12.2 Å². The lowest BCUT2D eigenvalue weighted by Crippen LogP contribution is -2.27. The highest BCUT2D eigenvalue weighted by atomic mass is 79.9. The second-order valence-electron chi connectivity index (χ2n) is 5.07. The fourth-order valence-electron chi connectivity index (χ4n) is 1.63. The molecule has 1 unspecified atom stereocenters. The van der Waals surface area contributed by atoms with E-state index in [1.165, 1.54) is 5.56 Å². The number of carbonyl (C=O) groups excluding carboxylic acids is 1. The van der Waals surface area contributed by atoms with Gasteiger partial charge in [-0.05, 0) is 37.7 Å². The van der Waals surface area contributed by atoms with Crippen LogP contribution in [0, 0.1) is 5.92 Å². The predicted octanol–water partition coefficient (Wildman–Crippen LogP) is 3.11. The molecule has 0 bridgehead atoms. The van der Waals surface area contributed by atoms with Gasteiger partial charge in [-0.1, -0.05) is 41.9 Å². The van der Waals surface area contributed by atoms with Gasteiger partial charge in [-0.25, -0.2) is 0 Å². The molecule has 0 aliphatic carbocycles. The maximum absolute atomic E-state index is 11.9. The fourth-order valence-corrected chi connectivity index (χ4v) is 1.74. The van der Waals surface area contributed by atoms with E-state index in [0.717, 1.165) is 12.2 Å². The summed E-state index contributed by atoms with van der Waals surface area (Å²) in [6, 6.07) is 7.95.